The van der Waals surface area contributed by atoms with E-state index in [-0.39, 0.29) is 0 Å². The van der Waals surface area contributed by atoms with Gasteiger partial charge in [0.05, 0.1) is 12.7 Å². The van der Waals surface area contributed by atoms with Crippen LogP contribution in [-0.4, -0.2) is 25.3 Å². The van der Waals surface area contributed by atoms with Crippen molar-refractivity contribution in [1.82, 2.24) is 5.32 Å². The van der Waals surface area contributed by atoms with Crippen LogP contribution in [0, 0.1) is 5.82 Å². The summed E-state index contributed by atoms with van der Waals surface area (Å²) < 4.78 is 18.8. The zero-order valence-electron chi connectivity index (χ0n) is 11.3. The number of hydrogen-bond acceptors (Lipinski definition) is 3. The molecule has 1 rings (SSSR count). The van der Waals surface area contributed by atoms with Crippen LogP contribution in [0.4, 0.5) is 4.39 Å². The van der Waals surface area contributed by atoms with Crippen LogP contribution in [0.25, 0.3) is 0 Å². The Balaban J connectivity index is 2.71. The normalized spacial score (nSPS) is 14.3. The van der Waals surface area contributed by atoms with Gasteiger partial charge < -0.3 is 15.2 Å². The molecular weight excluding hydrogens is 233 g/mol. The minimum Gasteiger partial charge on any atom is -0.497 e. The summed E-state index contributed by atoms with van der Waals surface area (Å²) in [6.07, 6.45) is 1.51. The standard InChI is InChI=1S/C14H22FNO2/c1-4-8-16-9-7-14(2,17)12-6-5-11(18-3)10-13(12)15/h5-6,10,16-17H,4,7-9H2,1-3H3. The molecule has 0 saturated heterocycles. The quantitative estimate of drug-likeness (QED) is 0.735. The molecule has 0 aromatic heterocycles. The molecule has 0 spiro atoms. The minimum absolute atomic E-state index is 0.307. The fraction of sp³-hybridized carbons (Fsp3) is 0.571. The number of methoxy groups -OCH3 is 1. The molecule has 0 bridgehead atoms. The summed E-state index contributed by atoms with van der Waals surface area (Å²) in [4.78, 5) is 0. The first kappa shape index (κ1) is 14.9. The summed E-state index contributed by atoms with van der Waals surface area (Å²) in [5.74, 6) is 0.0194. The number of rotatable bonds is 7. The zero-order valence-corrected chi connectivity index (χ0v) is 11.3. The van der Waals surface area contributed by atoms with Crippen LogP contribution >= 0.6 is 0 Å². The van der Waals surface area contributed by atoms with Gasteiger partial charge in [-0.25, -0.2) is 4.39 Å². The number of aliphatic hydroxyl groups is 1. The average molecular weight is 255 g/mol. The largest absolute Gasteiger partial charge is 0.497 e. The van der Waals surface area contributed by atoms with Gasteiger partial charge in [-0.1, -0.05) is 6.92 Å². The van der Waals surface area contributed by atoms with Gasteiger partial charge in [-0.2, -0.15) is 0 Å². The van der Waals surface area contributed by atoms with Crippen LogP contribution in [-0.2, 0) is 5.60 Å². The minimum atomic E-state index is -1.17. The highest BCUT2D eigenvalue weighted by Gasteiger charge is 2.26. The van der Waals surface area contributed by atoms with Gasteiger partial charge in [0.1, 0.15) is 11.6 Å². The molecule has 1 atom stereocenters. The molecule has 4 heteroatoms. The van der Waals surface area contributed by atoms with Crippen molar-refractivity contribution in [3.05, 3.63) is 29.6 Å². The highest BCUT2D eigenvalue weighted by molar-refractivity contribution is 5.32. The molecule has 18 heavy (non-hydrogen) atoms. The molecular formula is C14H22FNO2. The number of ether oxygens (including phenoxy) is 1. The van der Waals surface area contributed by atoms with Crippen LogP contribution in [0.3, 0.4) is 0 Å². The Morgan fingerprint density at radius 3 is 2.67 bits per heavy atom. The lowest BCUT2D eigenvalue weighted by molar-refractivity contribution is 0.0443. The number of benzene rings is 1. The second kappa shape index (κ2) is 6.71. The summed E-state index contributed by atoms with van der Waals surface area (Å²) >= 11 is 0. The van der Waals surface area contributed by atoms with Crippen molar-refractivity contribution in [3.8, 4) is 5.75 Å². The lowest BCUT2D eigenvalue weighted by Gasteiger charge is -2.24. The molecule has 0 aliphatic heterocycles. The van der Waals surface area contributed by atoms with Crippen molar-refractivity contribution < 1.29 is 14.2 Å². The lowest BCUT2D eigenvalue weighted by Crippen LogP contribution is -2.29. The van der Waals surface area contributed by atoms with E-state index in [1.807, 2.05) is 0 Å². The summed E-state index contributed by atoms with van der Waals surface area (Å²) in [5.41, 5.74) is -0.863. The van der Waals surface area contributed by atoms with Crippen molar-refractivity contribution in [2.45, 2.75) is 32.3 Å². The number of hydrogen-bond donors (Lipinski definition) is 2. The van der Waals surface area contributed by atoms with Crippen LogP contribution < -0.4 is 10.1 Å². The Bertz CT molecular complexity index is 380. The zero-order chi connectivity index (χ0) is 13.6. The van der Waals surface area contributed by atoms with E-state index in [4.69, 9.17) is 4.74 Å². The van der Waals surface area contributed by atoms with E-state index in [0.717, 1.165) is 13.0 Å². The van der Waals surface area contributed by atoms with E-state index in [9.17, 15) is 9.50 Å². The Morgan fingerprint density at radius 2 is 2.11 bits per heavy atom. The second-order valence-electron chi connectivity index (χ2n) is 4.62. The fourth-order valence-corrected chi connectivity index (χ4v) is 1.83. The third-order valence-electron chi connectivity index (χ3n) is 2.97. The van der Waals surface area contributed by atoms with E-state index in [1.54, 1.807) is 19.1 Å². The number of nitrogens with one attached hydrogen (secondary N) is 1. The van der Waals surface area contributed by atoms with E-state index >= 15 is 0 Å². The monoisotopic (exact) mass is 255 g/mol. The molecule has 102 valence electrons. The Labute approximate surface area is 108 Å². The molecule has 1 unspecified atom stereocenters. The van der Waals surface area contributed by atoms with Crippen molar-refractivity contribution >= 4 is 0 Å². The molecule has 3 nitrogen and oxygen atoms in total. The van der Waals surface area contributed by atoms with E-state index in [1.165, 1.54) is 13.2 Å². The first-order valence-electron chi connectivity index (χ1n) is 6.28. The topological polar surface area (TPSA) is 41.5 Å². The highest BCUT2D eigenvalue weighted by Crippen LogP contribution is 2.28. The average Bonchev–Trinajstić information content (AvgIpc) is 2.34. The molecule has 0 heterocycles. The molecule has 0 amide bonds. The third-order valence-corrected chi connectivity index (χ3v) is 2.97. The molecule has 0 saturated carbocycles. The molecule has 1 aromatic rings. The van der Waals surface area contributed by atoms with Gasteiger partial charge >= 0.3 is 0 Å². The van der Waals surface area contributed by atoms with Crippen LogP contribution in [0.1, 0.15) is 32.3 Å². The Hall–Kier alpha value is -1.13. The van der Waals surface area contributed by atoms with E-state index in [2.05, 4.69) is 12.2 Å². The van der Waals surface area contributed by atoms with Gasteiger partial charge in [-0.3, -0.25) is 0 Å². The molecule has 1 aromatic carbocycles. The SMILES string of the molecule is CCCNCCC(C)(O)c1ccc(OC)cc1F. The summed E-state index contributed by atoms with van der Waals surface area (Å²) in [7, 11) is 1.49. The van der Waals surface area contributed by atoms with Crippen molar-refractivity contribution in [1.29, 1.82) is 0 Å². The van der Waals surface area contributed by atoms with Gasteiger partial charge in [-0.15, -0.1) is 0 Å². The van der Waals surface area contributed by atoms with Gasteiger partial charge in [-0.05, 0) is 45.0 Å². The predicted octanol–water partition coefficient (Wildman–Crippen LogP) is 2.43. The fourth-order valence-electron chi connectivity index (χ4n) is 1.83. The molecule has 2 N–H and O–H groups in total. The third kappa shape index (κ3) is 3.96. The van der Waals surface area contributed by atoms with Gasteiger partial charge in [0, 0.05) is 11.6 Å². The van der Waals surface area contributed by atoms with Crippen molar-refractivity contribution in [3.63, 3.8) is 0 Å². The van der Waals surface area contributed by atoms with E-state index in [0.29, 0.717) is 24.3 Å². The number of halogens is 1. The van der Waals surface area contributed by atoms with Crippen molar-refractivity contribution in [2.24, 2.45) is 0 Å². The Kier molecular flexibility index (Phi) is 5.56. The van der Waals surface area contributed by atoms with Crippen LogP contribution in [0.15, 0.2) is 18.2 Å². The summed E-state index contributed by atoms with van der Waals surface area (Å²) in [6.45, 7) is 5.27. The first-order valence-corrected chi connectivity index (χ1v) is 6.28. The highest BCUT2D eigenvalue weighted by atomic mass is 19.1. The van der Waals surface area contributed by atoms with Gasteiger partial charge in [0.25, 0.3) is 0 Å². The van der Waals surface area contributed by atoms with Gasteiger partial charge in [0.15, 0.2) is 0 Å². The molecule has 0 fully saturated rings. The smallest absolute Gasteiger partial charge is 0.132 e. The maximum absolute atomic E-state index is 13.8. The predicted molar refractivity (Wildman–Crippen MR) is 70.3 cm³/mol. The van der Waals surface area contributed by atoms with Crippen molar-refractivity contribution in [2.75, 3.05) is 20.2 Å². The molecule has 0 aliphatic carbocycles. The van der Waals surface area contributed by atoms with E-state index < -0.39 is 11.4 Å². The molecule has 0 aliphatic rings. The maximum atomic E-state index is 13.8. The summed E-state index contributed by atoms with van der Waals surface area (Å²) in [5, 5.41) is 13.5. The first-order chi connectivity index (χ1) is 8.51. The maximum Gasteiger partial charge on any atom is 0.132 e. The van der Waals surface area contributed by atoms with Crippen LogP contribution in [0.2, 0.25) is 0 Å². The van der Waals surface area contributed by atoms with Gasteiger partial charge in [0.2, 0.25) is 0 Å². The summed E-state index contributed by atoms with van der Waals surface area (Å²) in [6, 6.07) is 4.53. The Morgan fingerprint density at radius 1 is 1.39 bits per heavy atom. The second-order valence-corrected chi connectivity index (χ2v) is 4.62. The van der Waals surface area contributed by atoms with Crippen LogP contribution in [0.5, 0.6) is 5.75 Å². The molecule has 0 radical (unpaired) electrons. The lowest BCUT2D eigenvalue weighted by atomic mass is 9.92.